The minimum absolute atomic E-state index is 0.226. The quantitative estimate of drug-likeness (QED) is 0.916. The van der Waals surface area contributed by atoms with Gasteiger partial charge in [0.1, 0.15) is 0 Å². The Balaban J connectivity index is 2.01. The molecule has 2 heterocycles. The van der Waals surface area contributed by atoms with E-state index in [1.54, 1.807) is 0 Å². The highest BCUT2D eigenvalue weighted by molar-refractivity contribution is 7.10. The van der Waals surface area contributed by atoms with E-state index in [9.17, 15) is 5.11 Å². The lowest BCUT2D eigenvalue weighted by molar-refractivity contribution is 0.163. The molecular formula is C15H17NOS. The van der Waals surface area contributed by atoms with Gasteiger partial charge in [0.2, 0.25) is 0 Å². The molecule has 1 aromatic carbocycles. The van der Waals surface area contributed by atoms with Gasteiger partial charge in [-0.15, -0.1) is 11.3 Å². The van der Waals surface area contributed by atoms with Crippen LogP contribution in [0.3, 0.4) is 0 Å². The molecule has 94 valence electrons. The summed E-state index contributed by atoms with van der Waals surface area (Å²) in [5.41, 5.74) is 2.80. The number of thiophene rings is 1. The fourth-order valence-electron chi connectivity index (χ4n) is 2.72. The molecule has 3 rings (SSSR count). The minimum Gasteiger partial charge on any atom is -0.395 e. The van der Waals surface area contributed by atoms with Crippen molar-refractivity contribution in [2.75, 3.05) is 19.7 Å². The molecule has 1 aromatic heterocycles. The predicted octanol–water partition coefficient (Wildman–Crippen LogP) is 2.69. The standard InChI is InChI=1S/C15H17NOS/c17-10-9-16-8-6-13-7-11-18-15(13)14(16)12-4-2-1-3-5-12/h1-5,7,11,14,17H,6,8-10H2. The average Bonchev–Trinajstić information content (AvgIpc) is 2.88. The molecule has 0 spiro atoms. The highest BCUT2D eigenvalue weighted by atomic mass is 32.1. The Bertz CT molecular complexity index is 508. The number of hydrogen-bond donors (Lipinski definition) is 1. The highest BCUT2D eigenvalue weighted by Crippen LogP contribution is 2.37. The molecule has 2 nitrogen and oxygen atoms in total. The van der Waals surface area contributed by atoms with Crippen LogP contribution in [-0.2, 0) is 6.42 Å². The van der Waals surface area contributed by atoms with Crippen LogP contribution in [0.2, 0.25) is 0 Å². The number of rotatable bonds is 3. The van der Waals surface area contributed by atoms with Crippen LogP contribution in [0.4, 0.5) is 0 Å². The first-order valence-corrected chi connectivity index (χ1v) is 7.24. The van der Waals surface area contributed by atoms with Gasteiger partial charge in [0, 0.05) is 18.0 Å². The second-order valence-corrected chi connectivity index (χ2v) is 5.58. The molecule has 0 saturated carbocycles. The summed E-state index contributed by atoms with van der Waals surface area (Å²) in [6, 6.07) is 13.2. The second-order valence-electron chi connectivity index (χ2n) is 4.63. The molecule has 0 radical (unpaired) electrons. The number of β-amino-alcohol motifs (C(OH)–C–C–N with tert-alkyl or cyclic N) is 1. The third-order valence-corrected chi connectivity index (χ3v) is 4.58. The van der Waals surface area contributed by atoms with E-state index in [2.05, 4.69) is 46.7 Å². The van der Waals surface area contributed by atoms with Gasteiger partial charge in [0.25, 0.3) is 0 Å². The van der Waals surface area contributed by atoms with Gasteiger partial charge >= 0.3 is 0 Å². The zero-order valence-electron chi connectivity index (χ0n) is 10.2. The minimum atomic E-state index is 0.226. The summed E-state index contributed by atoms with van der Waals surface area (Å²) < 4.78 is 0. The molecule has 1 atom stereocenters. The molecule has 0 aliphatic carbocycles. The van der Waals surface area contributed by atoms with Gasteiger partial charge in [-0.1, -0.05) is 30.3 Å². The zero-order valence-corrected chi connectivity index (χ0v) is 11.1. The first-order chi connectivity index (χ1) is 8.90. The normalized spacial score (nSPS) is 19.7. The fraction of sp³-hybridized carbons (Fsp3) is 0.333. The van der Waals surface area contributed by atoms with E-state index in [1.165, 1.54) is 16.0 Å². The summed E-state index contributed by atoms with van der Waals surface area (Å²) in [5, 5.41) is 11.4. The summed E-state index contributed by atoms with van der Waals surface area (Å²) in [6.07, 6.45) is 1.10. The summed E-state index contributed by atoms with van der Waals surface area (Å²) in [7, 11) is 0. The van der Waals surface area contributed by atoms with Gasteiger partial charge in [-0.2, -0.15) is 0 Å². The van der Waals surface area contributed by atoms with Gasteiger partial charge in [-0.3, -0.25) is 4.90 Å². The van der Waals surface area contributed by atoms with Crippen molar-refractivity contribution in [3.63, 3.8) is 0 Å². The van der Waals surface area contributed by atoms with Crippen molar-refractivity contribution >= 4 is 11.3 Å². The predicted molar refractivity (Wildman–Crippen MR) is 75.0 cm³/mol. The summed E-state index contributed by atoms with van der Waals surface area (Å²) in [6.45, 7) is 2.00. The Morgan fingerprint density at radius 3 is 2.83 bits per heavy atom. The number of fused-ring (bicyclic) bond motifs is 1. The third kappa shape index (κ3) is 2.09. The molecule has 0 fully saturated rings. The van der Waals surface area contributed by atoms with Crippen LogP contribution in [0.5, 0.6) is 0 Å². The lowest BCUT2D eigenvalue weighted by atomic mass is 9.95. The van der Waals surface area contributed by atoms with Crippen molar-refractivity contribution < 1.29 is 5.11 Å². The Morgan fingerprint density at radius 2 is 2.06 bits per heavy atom. The van der Waals surface area contributed by atoms with Crippen LogP contribution in [0, 0.1) is 0 Å². The summed E-state index contributed by atoms with van der Waals surface area (Å²) in [5.74, 6) is 0. The van der Waals surface area contributed by atoms with E-state index in [4.69, 9.17) is 0 Å². The zero-order chi connectivity index (χ0) is 12.4. The molecule has 1 aliphatic rings. The SMILES string of the molecule is OCCN1CCc2ccsc2C1c1ccccc1. The van der Waals surface area contributed by atoms with Crippen LogP contribution in [-0.4, -0.2) is 29.7 Å². The lowest BCUT2D eigenvalue weighted by Gasteiger charge is -2.35. The Kier molecular flexibility index (Phi) is 3.46. The highest BCUT2D eigenvalue weighted by Gasteiger charge is 2.29. The van der Waals surface area contributed by atoms with E-state index >= 15 is 0 Å². The van der Waals surface area contributed by atoms with Crippen LogP contribution in [0.15, 0.2) is 41.8 Å². The number of aliphatic hydroxyl groups is 1. The lowest BCUT2D eigenvalue weighted by Crippen LogP contribution is -2.37. The smallest absolute Gasteiger partial charge is 0.0699 e. The first kappa shape index (κ1) is 11.9. The van der Waals surface area contributed by atoms with Crippen LogP contribution >= 0.6 is 11.3 Å². The second kappa shape index (κ2) is 5.22. The monoisotopic (exact) mass is 259 g/mol. The number of benzene rings is 1. The molecule has 1 aliphatic heterocycles. The molecule has 1 N–H and O–H groups in total. The molecule has 3 heteroatoms. The molecule has 0 amide bonds. The molecular weight excluding hydrogens is 242 g/mol. The molecule has 0 bridgehead atoms. The summed E-state index contributed by atoms with van der Waals surface area (Å²) in [4.78, 5) is 3.83. The van der Waals surface area contributed by atoms with Gasteiger partial charge in [0.05, 0.1) is 12.6 Å². The van der Waals surface area contributed by atoms with Crippen molar-refractivity contribution in [2.24, 2.45) is 0 Å². The fourth-order valence-corrected chi connectivity index (χ4v) is 3.83. The van der Waals surface area contributed by atoms with Crippen LogP contribution < -0.4 is 0 Å². The maximum Gasteiger partial charge on any atom is 0.0699 e. The van der Waals surface area contributed by atoms with Crippen molar-refractivity contribution in [3.05, 3.63) is 57.8 Å². The van der Waals surface area contributed by atoms with Crippen molar-refractivity contribution in [1.29, 1.82) is 0 Å². The van der Waals surface area contributed by atoms with Crippen LogP contribution in [0.25, 0.3) is 0 Å². The van der Waals surface area contributed by atoms with E-state index in [0.717, 1.165) is 19.5 Å². The Morgan fingerprint density at radius 1 is 1.22 bits per heavy atom. The first-order valence-electron chi connectivity index (χ1n) is 6.36. The Labute approximate surface area is 112 Å². The Hall–Kier alpha value is -1.16. The van der Waals surface area contributed by atoms with Crippen LogP contribution in [0.1, 0.15) is 22.0 Å². The van der Waals surface area contributed by atoms with Crippen molar-refractivity contribution in [2.45, 2.75) is 12.5 Å². The molecule has 1 unspecified atom stereocenters. The number of aliphatic hydroxyl groups excluding tert-OH is 1. The van der Waals surface area contributed by atoms with Gasteiger partial charge < -0.3 is 5.11 Å². The van der Waals surface area contributed by atoms with Crippen molar-refractivity contribution in [3.8, 4) is 0 Å². The van der Waals surface area contributed by atoms with Gasteiger partial charge in [-0.05, 0) is 29.0 Å². The molecule has 0 saturated heterocycles. The van der Waals surface area contributed by atoms with E-state index < -0.39 is 0 Å². The molecule has 2 aromatic rings. The van der Waals surface area contributed by atoms with E-state index in [-0.39, 0.29) is 6.61 Å². The number of nitrogens with zero attached hydrogens (tertiary/aromatic N) is 1. The van der Waals surface area contributed by atoms with E-state index in [1.807, 2.05) is 11.3 Å². The van der Waals surface area contributed by atoms with Crippen molar-refractivity contribution in [1.82, 2.24) is 4.90 Å². The van der Waals surface area contributed by atoms with Gasteiger partial charge in [-0.25, -0.2) is 0 Å². The maximum absolute atomic E-state index is 9.24. The van der Waals surface area contributed by atoms with Gasteiger partial charge in [0.15, 0.2) is 0 Å². The maximum atomic E-state index is 9.24. The largest absolute Gasteiger partial charge is 0.395 e. The summed E-state index contributed by atoms with van der Waals surface area (Å²) >= 11 is 1.83. The number of hydrogen-bond acceptors (Lipinski definition) is 3. The average molecular weight is 259 g/mol. The van der Waals surface area contributed by atoms with E-state index in [0.29, 0.717) is 6.04 Å². The molecule has 18 heavy (non-hydrogen) atoms. The third-order valence-electron chi connectivity index (χ3n) is 3.57. The topological polar surface area (TPSA) is 23.5 Å².